The van der Waals surface area contributed by atoms with E-state index < -0.39 is 0 Å². The van der Waals surface area contributed by atoms with Crippen LogP contribution in [0.25, 0.3) is 0 Å². The highest BCUT2D eigenvalue weighted by molar-refractivity contribution is 9.10. The van der Waals surface area contributed by atoms with E-state index >= 15 is 0 Å². The van der Waals surface area contributed by atoms with Crippen LogP contribution < -0.4 is 11.3 Å². The zero-order valence-electron chi connectivity index (χ0n) is 9.16. The molecule has 2 aliphatic rings. The van der Waals surface area contributed by atoms with Gasteiger partial charge in [0.15, 0.2) is 0 Å². The Hall–Kier alpha value is 0.1000. The fourth-order valence-corrected chi connectivity index (χ4v) is 4.97. The van der Waals surface area contributed by atoms with Crippen LogP contribution in [0.2, 0.25) is 0 Å². The number of rotatable bonds is 4. The molecule has 3 unspecified atom stereocenters. The molecule has 2 saturated carbocycles. The van der Waals surface area contributed by atoms with Gasteiger partial charge < -0.3 is 0 Å². The maximum Gasteiger partial charge on any atom is 0.0292 e. The summed E-state index contributed by atoms with van der Waals surface area (Å²) in [6.07, 6.45) is 5.39. The summed E-state index contributed by atoms with van der Waals surface area (Å²) in [7, 11) is 0. The second-order valence-electron chi connectivity index (χ2n) is 5.04. The largest absolute Gasteiger partial charge is 0.271 e. The van der Waals surface area contributed by atoms with E-state index in [0.717, 1.165) is 24.2 Å². The molecule has 1 heterocycles. The maximum atomic E-state index is 5.71. The Balaban J connectivity index is 1.64. The van der Waals surface area contributed by atoms with Crippen LogP contribution in [0.1, 0.15) is 24.1 Å². The predicted molar refractivity (Wildman–Crippen MR) is 71.2 cm³/mol. The smallest absolute Gasteiger partial charge is 0.0292 e. The molecule has 3 N–H and O–H groups in total. The van der Waals surface area contributed by atoms with Gasteiger partial charge in [-0.05, 0) is 59.0 Å². The Morgan fingerprint density at radius 2 is 2.25 bits per heavy atom. The number of nitrogens with one attached hydrogen (secondary N) is 1. The lowest BCUT2D eigenvalue weighted by Gasteiger charge is -2.16. The molecule has 0 radical (unpaired) electrons. The van der Waals surface area contributed by atoms with E-state index in [1.54, 1.807) is 0 Å². The molecule has 88 valence electrons. The Bertz CT molecular complexity index is 369. The van der Waals surface area contributed by atoms with Crippen molar-refractivity contribution in [2.24, 2.45) is 23.6 Å². The van der Waals surface area contributed by atoms with Crippen LogP contribution in [0, 0.1) is 17.8 Å². The van der Waals surface area contributed by atoms with Gasteiger partial charge in [-0.25, -0.2) is 0 Å². The van der Waals surface area contributed by atoms with Crippen molar-refractivity contribution < 1.29 is 0 Å². The van der Waals surface area contributed by atoms with Crippen molar-refractivity contribution in [2.45, 2.75) is 31.7 Å². The van der Waals surface area contributed by atoms with Gasteiger partial charge in [-0.1, -0.05) is 6.42 Å². The van der Waals surface area contributed by atoms with Gasteiger partial charge >= 0.3 is 0 Å². The summed E-state index contributed by atoms with van der Waals surface area (Å²) in [5, 5.41) is 2.15. The minimum Gasteiger partial charge on any atom is -0.271 e. The normalized spacial score (nSPS) is 33.8. The van der Waals surface area contributed by atoms with Crippen molar-refractivity contribution in [3.05, 3.63) is 20.8 Å². The van der Waals surface area contributed by atoms with Crippen molar-refractivity contribution >= 4 is 27.3 Å². The van der Waals surface area contributed by atoms with E-state index in [-0.39, 0.29) is 0 Å². The van der Waals surface area contributed by atoms with Crippen LogP contribution in [0.4, 0.5) is 0 Å². The number of thiophene rings is 1. The monoisotopic (exact) mass is 300 g/mol. The van der Waals surface area contributed by atoms with Gasteiger partial charge in [-0.15, -0.1) is 11.3 Å². The van der Waals surface area contributed by atoms with E-state index in [1.165, 1.54) is 28.6 Å². The number of hydrazine groups is 1. The highest BCUT2D eigenvalue weighted by Crippen LogP contribution is 2.59. The summed E-state index contributed by atoms with van der Waals surface area (Å²) in [6.45, 7) is 0. The van der Waals surface area contributed by atoms with Gasteiger partial charge in [0.25, 0.3) is 0 Å². The topological polar surface area (TPSA) is 38.0 Å². The lowest BCUT2D eigenvalue weighted by atomic mass is 10.0. The number of halogens is 1. The molecule has 0 aliphatic heterocycles. The first-order chi connectivity index (χ1) is 7.79. The van der Waals surface area contributed by atoms with Crippen molar-refractivity contribution in [3.63, 3.8) is 0 Å². The summed E-state index contributed by atoms with van der Waals surface area (Å²) in [6, 6.07) is 2.70. The maximum absolute atomic E-state index is 5.71. The molecule has 2 nitrogen and oxygen atoms in total. The molecule has 0 spiro atoms. The highest BCUT2D eigenvalue weighted by Gasteiger charge is 2.55. The molecule has 3 atom stereocenters. The van der Waals surface area contributed by atoms with Crippen molar-refractivity contribution in [3.8, 4) is 0 Å². The average Bonchev–Trinajstić information content (AvgIpc) is 2.70. The second-order valence-corrected chi connectivity index (χ2v) is 6.96. The fraction of sp³-hybridized carbons (Fsp3) is 0.667. The summed E-state index contributed by atoms with van der Waals surface area (Å²) < 4.78 is 1.19. The molecule has 3 rings (SSSR count). The molecular weight excluding hydrogens is 284 g/mol. The Labute approximate surface area is 109 Å². The first kappa shape index (κ1) is 11.2. The van der Waals surface area contributed by atoms with Crippen molar-refractivity contribution in [2.75, 3.05) is 0 Å². The van der Waals surface area contributed by atoms with Crippen LogP contribution in [0.5, 0.6) is 0 Å². The Morgan fingerprint density at radius 3 is 2.81 bits per heavy atom. The Morgan fingerprint density at radius 1 is 1.50 bits per heavy atom. The van der Waals surface area contributed by atoms with Crippen LogP contribution in [0.15, 0.2) is 15.9 Å². The van der Waals surface area contributed by atoms with E-state index in [1.807, 2.05) is 11.3 Å². The van der Waals surface area contributed by atoms with Gasteiger partial charge in [-0.2, -0.15) is 0 Å². The van der Waals surface area contributed by atoms with E-state index in [2.05, 4.69) is 32.8 Å². The molecule has 1 aromatic heterocycles. The highest BCUT2D eigenvalue weighted by atomic mass is 79.9. The minimum atomic E-state index is 0.487. The van der Waals surface area contributed by atoms with Gasteiger partial charge in [0, 0.05) is 20.8 Å². The molecule has 2 fully saturated rings. The lowest BCUT2D eigenvalue weighted by molar-refractivity contribution is 0.412. The Kier molecular flexibility index (Phi) is 3.09. The van der Waals surface area contributed by atoms with Gasteiger partial charge in [0.1, 0.15) is 0 Å². The van der Waals surface area contributed by atoms with Gasteiger partial charge in [0.2, 0.25) is 0 Å². The molecule has 2 aliphatic carbocycles. The molecule has 0 bridgehead atoms. The van der Waals surface area contributed by atoms with E-state index in [0.29, 0.717) is 6.04 Å². The van der Waals surface area contributed by atoms with Crippen molar-refractivity contribution in [1.82, 2.24) is 5.43 Å². The van der Waals surface area contributed by atoms with Crippen LogP contribution in [-0.4, -0.2) is 6.04 Å². The minimum absolute atomic E-state index is 0.487. The third-order valence-corrected chi connectivity index (χ3v) is 5.91. The molecule has 0 saturated heterocycles. The third-order valence-electron chi connectivity index (χ3n) is 4.19. The zero-order valence-corrected chi connectivity index (χ0v) is 11.6. The number of nitrogens with two attached hydrogens (primary N) is 1. The van der Waals surface area contributed by atoms with E-state index in [9.17, 15) is 0 Å². The third kappa shape index (κ3) is 1.96. The first-order valence-electron chi connectivity index (χ1n) is 5.98. The van der Waals surface area contributed by atoms with Crippen LogP contribution in [0.3, 0.4) is 0 Å². The number of hydrogen-bond acceptors (Lipinski definition) is 3. The quantitative estimate of drug-likeness (QED) is 0.663. The summed E-state index contributed by atoms with van der Waals surface area (Å²) in [5.74, 6) is 8.51. The SMILES string of the molecule is NNC(Cc1cc(Br)cs1)C1C2CCCC21. The first-order valence-corrected chi connectivity index (χ1v) is 7.66. The van der Waals surface area contributed by atoms with Crippen LogP contribution >= 0.6 is 27.3 Å². The second kappa shape index (κ2) is 4.41. The van der Waals surface area contributed by atoms with Crippen LogP contribution in [-0.2, 0) is 6.42 Å². The average molecular weight is 301 g/mol. The van der Waals surface area contributed by atoms with E-state index in [4.69, 9.17) is 5.84 Å². The molecule has 0 aromatic carbocycles. The lowest BCUT2D eigenvalue weighted by Crippen LogP contribution is -2.39. The predicted octanol–water partition coefficient (Wildman–Crippen LogP) is 2.93. The summed E-state index contributed by atoms with van der Waals surface area (Å²) >= 11 is 5.33. The molecule has 1 aromatic rings. The molecule has 0 amide bonds. The summed E-state index contributed by atoms with van der Waals surface area (Å²) in [4.78, 5) is 1.43. The van der Waals surface area contributed by atoms with Gasteiger partial charge in [0.05, 0.1) is 0 Å². The van der Waals surface area contributed by atoms with Crippen molar-refractivity contribution in [1.29, 1.82) is 0 Å². The molecular formula is C12H17BrN2S. The fourth-order valence-electron chi connectivity index (χ4n) is 3.46. The summed E-state index contributed by atoms with van der Waals surface area (Å²) in [5.41, 5.74) is 3.04. The van der Waals surface area contributed by atoms with Gasteiger partial charge in [-0.3, -0.25) is 11.3 Å². The molecule has 4 heteroatoms. The number of hydrogen-bond donors (Lipinski definition) is 2. The molecule has 16 heavy (non-hydrogen) atoms. The zero-order chi connectivity index (χ0) is 11.1. The standard InChI is InChI=1S/C12H17BrN2S/c13-7-4-8(16-6-7)5-11(15-14)12-9-2-1-3-10(9)12/h4,6,9-12,15H,1-3,5,14H2. The number of fused-ring (bicyclic) bond motifs is 1.